The van der Waals surface area contributed by atoms with Gasteiger partial charge in [0.25, 0.3) is 0 Å². The van der Waals surface area contributed by atoms with E-state index in [1.807, 2.05) is 0 Å². The molecule has 0 unspecified atom stereocenters. The molecule has 0 N–H and O–H groups in total. The predicted octanol–water partition coefficient (Wildman–Crippen LogP) is 3.36. The van der Waals surface area contributed by atoms with Crippen molar-refractivity contribution >= 4 is 21.6 Å². The van der Waals surface area contributed by atoms with E-state index in [4.69, 9.17) is 20.9 Å². The first kappa shape index (κ1) is 19.3. The third kappa shape index (κ3) is 5.06. The molecule has 0 saturated heterocycles. The van der Waals surface area contributed by atoms with E-state index in [0.717, 1.165) is 17.4 Å². The third-order valence-electron chi connectivity index (χ3n) is 3.87. The number of sulfonamides is 1. The summed E-state index contributed by atoms with van der Waals surface area (Å²) >= 11 is 5.87. The Morgan fingerprint density at radius 3 is 2.33 bits per heavy atom. The zero-order valence-corrected chi connectivity index (χ0v) is 16.4. The number of nitrogens with zero attached hydrogens (tertiary/aromatic N) is 3. The van der Waals surface area contributed by atoms with E-state index in [1.54, 1.807) is 55.6 Å². The zero-order valence-electron chi connectivity index (χ0n) is 14.8. The summed E-state index contributed by atoms with van der Waals surface area (Å²) in [4.78, 5) is 4.30. The summed E-state index contributed by atoms with van der Waals surface area (Å²) in [5.41, 5.74) is 1.55. The standard InChI is InChI=1S/C18H18ClN3O4S/c1-25-16-9-5-14(6-10-16)18-20-17(26-21-18)12-22(27(2,23)24)11-13-3-7-15(19)8-4-13/h3-10H,11-12H2,1-2H3. The van der Waals surface area contributed by atoms with Crippen LogP contribution in [0.3, 0.4) is 0 Å². The summed E-state index contributed by atoms with van der Waals surface area (Å²) < 4.78 is 35.9. The lowest BCUT2D eigenvalue weighted by Gasteiger charge is -2.18. The first-order chi connectivity index (χ1) is 12.8. The second-order valence-electron chi connectivity index (χ2n) is 5.90. The van der Waals surface area contributed by atoms with Crippen molar-refractivity contribution in [2.75, 3.05) is 13.4 Å². The molecule has 0 aliphatic rings. The van der Waals surface area contributed by atoms with Gasteiger partial charge < -0.3 is 9.26 Å². The fourth-order valence-electron chi connectivity index (χ4n) is 2.41. The number of benzene rings is 2. The van der Waals surface area contributed by atoms with E-state index in [0.29, 0.717) is 16.6 Å². The molecular formula is C18H18ClN3O4S. The van der Waals surface area contributed by atoms with Crippen molar-refractivity contribution in [3.8, 4) is 17.1 Å². The number of hydrogen-bond donors (Lipinski definition) is 0. The van der Waals surface area contributed by atoms with Crippen molar-refractivity contribution in [1.29, 1.82) is 0 Å². The Labute approximate surface area is 162 Å². The van der Waals surface area contributed by atoms with E-state index in [2.05, 4.69) is 10.1 Å². The van der Waals surface area contributed by atoms with Gasteiger partial charge in [0.15, 0.2) is 0 Å². The van der Waals surface area contributed by atoms with Crippen LogP contribution in [0, 0.1) is 0 Å². The second kappa shape index (κ2) is 8.08. The topological polar surface area (TPSA) is 85.5 Å². The molecule has 1 heterocycles. The summed E-state index contributed by atoms with van der Waals surface area (Å²) in [7, 11) is -1.89. The molecular weight excluding hydrogens is 390 g/mol. The van der Waals surface area contributed by atoms with Crippen molar-refractivity contribution in [2.24, 2.45) is 0 Å². The number of ether oxygens (including phenoxy) is 1. The molecule has 9 heteroatoms. The Morgan fingerprint density at radius 1 is 1.07 bits per heavy atom. The van der Waals surface area contributed by atoms with Gasteiger partial charge in [-0.05, 0) is 42.0 Å². The molecule has 3 rings (SSSR count). The summed E-state index contributed by atoms with van der Waals surface area (Å²) in [5.74, 6) is 1.31. The van der Waals surface area contributed by atoms with Crippen molar-refractivity contribution in [3.63, 3.8) is 0 Å². The average Bonchev–Trinajstić information content (AvgIpc) is 3.11. The molecule has 0 amide bonds. The molecule has 142 valence electrons. The minimum atomic E-state index is -3.48. The summed E-state index contributed by atoms with van der Waals surface area (Å²) in [6.07, 6.45) is 1.14. The fraction of sp³-hybridized carbons (Fsp3) is 0.222. The van der Waals surface area contributed by atoms with Crippen LogP contribution in [0.1, 0.15) is 11.5 Å². The van der Waals surface area contributed by atoms with Crippen LogP contribution in [0.5, 0.6) is 5.75 Å². The molecule has 0 aliphatic carbocycles. The van der Waals surface area contributed by atoms with Crippen molar-refractivity contribution in [3.05, 3.63) is 65.0 Å². The molecule has 0 aliphatic heterocycles. The molecule has 27 heavy (non-hydrogen) atoms. The average molecular weight is 408 g/mol. The molecule has 2 aromatic carbocycles. The number of hydrogen-bond acceptors (Lipinski definition) is 6. The van der Waals surface area contributed by atoms with Crippen LogP contribution < -0.4 is 4.74 Å². The summed E-state index contributed by atoms with van der Waals surface area (Å²) in [5, 5.41) is 4.52. The Morgan fingerprint density at radius 2 is 1.74 bits per heavy atom. The Bertz CT molecular complexity index is 1000. The third-order valence-corrected chi connectivity index (χ3v) is 5.32. The molecule has 0 atom stereocenters. The van der Waals surface area contributed by atoms with Crippen molar-refractivity contribution in [2.45, 2.75) is 13.1 Å². The van der Waals surface area contributed by atoms with E-state index in [1.165, 1.54) is 4.31 Å². The zero-order chi connectivity index (χ0) is 19.4. The lowest BCUT2D eigenvalue weighted by Crippen LogP contribution is -2.29. The highest BCUT2D eigenvalue weighted by atomic mass is 35.5. The lowest BCUT2D eigenvalue weighted by molar-refractivity contribution is 0.313. The van der Waals surface area contributed by atoms with Crippen LogP contribution in [0.2, 0.25) is 5.02 Å². The summed E-state index contributed by atoms with van der Waals surface area (Å²) in [6.45, 7) is 0.154. The normalized spacial score (nSPS) is 11.7. The van der Waals surface area contributed by atoms with Gasteiger partial charge in [-0.1, -0.05) is 28.9 Å². The van der Waals surface area contributed by atoms with Crippen LogP contribution in [-0.2, 0) is 23.1 Å². The van der Waals surface area contributed by atoms with E-state index < -0.39 is 10.0 Å². The maximum atomic E-state index is 12.2. The monoisotopic (exact) mass is 407 g/mol. The van der Waals surface area contributed by atoms with Gasteiger partial charge in [0.1, 0.15) is 5.75 Å². The van der Waals surface area contributed by atoms with Crippen LogP contribution in [-0.4, -0.2) is 36.2 Å². The van der Waals surface area contributed by atoms with Crippen LogP contribution in [0.25, 0.3) is 11.4 Å². The van der Waals surface area contributed by atoms with Gasteiger partial charge in [-0.15, -0.1) is 0 Å². The van der Waals surface area contributed by atoms with Gasteiger partial charge in [-0.3, -0.25) is 0 Å². The molecule has 0 bridgehead atoms. The van der Waals surface area contributed by atoms with Gasteiger partial charge in [-0.2, -0.15) is 9.29 Å². The number of aromatic nitrogens is 2. The first-order valence-electron chi connectivity index (χ1n) is 8.02. The van der Waals surface area contributed by atoms with Gasteiger partial charge >= 0.3 is 0 Å². The molecule has 0 saturated carbocycles. The fourth-order valence-corrected chi connectivity index (χ4v) is 3.27. The largest absolute Gasteiger partial charge is 0.497 e. The Hall–Kier alpha value is -2.42. The van der Waals surface area contributed by atoms with Gasteiger partial charge in [-0.25, -0.2) is 8.42 Å². The minimum absolute atomic E-state index is 0.0232. The van der Waals surface area contributed by atoms with Crippen molar-refractivity contribution in [1.82, 2.24) is 14.4 Å². The van der Waals surface area contributed by atoms with Gasteiger partial charge in [0.05, 0.1) is 19.9 Å². The Kier molecular flexibility index (Phi) is 5.79. The van der Waals surface area contributed by atoms with Gasteiger partial charge in [0, 0.05) is 17.1 Å². The molecule has 0 radical (unpaired) electrons. The molecule has 0 fully saturated rings. The number of methoxy groups -OCH3 is 1. The molecule has 7 nitrogen and oxygen atoms in total. The maximum Gasteiger partial charge on any atom is 0.242 e. The van der Waals surface area contributed by atoms with E-state index >= 15 is 0 Å². The van der Waals surface area contributed by atoms with Crippen LogP contribution in [0.15, 0.2) is 53.1 Å². The highest BCUT2D eigenvalue weighted by molar-refractivity contribution is 7.88. The summed E-state index contributed by atoms with van der Waals surface area (Å²) in [6, 6.07) is 14.2. The molecule has 3 aromatic rings. The number of rotatable bonds is 7. The molecule has 1 aromatic heterocycles. The van der Waals surface area contributed by atoms with Crippen LogP contribution in [0.4, 0.5) is 0 Å². The predicted molar refractivity (Wildman–Crippen MR) is 102 cm³/mol. The maximum absolute atomic E-state index is 12.2. The Balaban J connectivity index is 1.78. The first-order valence-corrected chi connectivity index (χ1v) is 10.2. The highest BCUT2D eigenvalue weighted by Gasteiger charge is 2.21. The smallest absolute Gasteiger partial charge is 0.242 e. The lowest BCUT2D eigenvalue weighted by atomic mass is 10.2. The van der Waals surface area contributed by atoms with E-state index in [-0.39, 0.29) is 19.0 Å². The van der Waals surface area contributed by atoms with Crippen LogP contribution >= 0.6 is 11.6 Å². The highest BCUT2D eigenvalue weighted by Crippen LogP contribution is 2.21. The molecule has 0 spiro atoms. The quantitative estimate of drug-likeness (QED) is 0.597. The van der Waals surface area contributed by atoms with Gasteiger partial charge in [0.2, 0.25) is 21.7 Å². The van der Waals surface area contributed by atoms with Crippen molar-refractivity contribution < 1.29 is 17.7 Å². The SMILES string of the molecule is COc1ccc(-c2noc(CN(Cc3ccc(Cl)cc3)S(C)(=O)=O)n2)cc1. The van der Waals surface area contributed by atoms with E-state index in [9.17, 15) is 8.42 Å². The minimum Gasteiger partial charge on any atom is -0.497 e. The number of halogens is 1. The second-order valence-corrected chi connectivity index (χ2v) is 8.32.